The Morgan fingerprint density at radius 3 is 2.79 bits per heavy atom. The van der Waals surface area contributed by atoms with Crippen LogP contribution in [0, 0.1) is 0 Å². The second kappa shape index (κ2) is 4.98. The number of carbonyl (C=O) groups excluding carboxylic acids is 1. The molecule has 3 nitrogen and oxygen atoms in total. The van der Waals surface area contributed by atoms with Gasteiger partial charge in [0.05, 0.1) is 0 Å². The summed E-state index contributed by atoms with van der Waals surface area (Å²) in [6, 6.07) is 7.33. The number of hydrogen-bond acceptors (Lipinski definition) is 3. The van der Waals surface area contributed by atoms with Crippen LogP contribution in [0.2, 0.25) is 5.02 Å². The van der Waals surface area contributed by atoms with Gasteiger partial charge in [0, 0.05) is 18.4 Å². The summed E-state index contributed by atoms with van der Waals surface area (Å²) in [6.07, 6.45) is -0.202. The predicted octanol–water partition coefficient (Wildman–Crippen LogP) is 1.73. The first-order valence-electron chi connectivity index (χ1n) is 4.26. The van der Waals surface area contributed by atoms with Gasteiger partial charge in [-0.1, -0.05) is 29.8 Å². The SMILES string of the molecule is CC(=O)OC(N)Cc1ccccc1Cl. The fourth-order valence-electron chi connectivity index (χ4n) is 1.14. The van der Waals surface area contributed by atoms with Gasteiger partial charge in [-0.25, -0.2) is 0 Å². The molecule has 1 atom stereocenters. The van der Waals surface area contributed by atoms with E-state index in [-0.39, 0.29) is 5.97 Å². The van der Waals surface area contributed by atoms with E-state index in [0.29, 0.717) is 11.4 Å². The zero-order valence-electron chi connectivity index (χ0n) is 7.87. The maximum absolute atomic E-state index is 10.6. The third-order valence-corrected chi connectivity index (χ3v) is 2.07. The molecule has 4 heteroatoms. The van der Waals surface area contributed by atoms with Crippen LogP contribution in [0.1, 0.15) is 12.5 Å². The van der Waals surface area contributed by atoms with Gasteiger partial charge in [-0.05, 0) is 11.6 Å². The summed E-state index contributed by atoms with van der Waals surface area (Å²) in [5.74, 6) is -0.385. The normalized spacial score (nSPS) is 12.2. The summed E-state index contributed by atoms with van der Waals surface area (Å²) in [6.45, 7) is 1.33. The minimum atomic E-state index is -0.632. The van der Waals surface area contributed by atoms with E-state index >= 15 is 0 Å². The van der Waals surface area contributed by atoms with E-state index in [4.69, 9.17) is 22.1 Å². The fraction of sp³-hybridized carbons (Fsp3) is 0.300. The summed E-state index contributed by atoms with van der Waals surface area (Å²) in [7, 11) is 0. The second-order valence-electron chi connectivity index (χ2n) is 2.94. The van der Waals surface area contributed by atoms with Gasteiger partial charge in [-0.15, -0.1) is 0 Å². The Morgan fingerprint density at radius 2 is 2.21 bits per heavy atom. The number of rotatable bonds is 3. The molecule has 0 aromatic heterocycles. The molecule has 0 aliphatic heterocycles. The minimum absolute atomic E-state index is 0.385. The van der Waals surface area contributed by atoms with Gasteiger partial charge in [-0.2, -0.15) is 0 Å². The Labute approximate surface area is 87.8 Å². The van der Waals surface area contributed by atoms with Crippen molar-refractivity contribution < 1.29 is 9.53 Å². The average Bonchev–Trinajstić information content (AvgIpc) is 2.07. The Morgan fingerprint density at radius 1 is 1.57 bits per heavy atom. The number of halogens is 1. The van der Waals surface area contributed by atoms with Crippen LogP contribution in [-0.4, -0.2) is 12.2 Å². The number of esters is 1. The molecule has 0 fully saturated rings. The highest BCUT2D eigenvalue weighted by Crippen LogP contribution is 2.16. The third kappa shape index (κ3) is 3.36. The topological polar surface area (TPSA) is 52.3 Å². The molecule has 0 radical (unpaired) electrons. The predicted molar refractivity (Wildman–Crippen MR) is 54.9 cm³/mol. The molecular formula is C10H12ClNO2. The molecule has 0 bridgehead atoms. The molecule has 0 aliphatic carbocycles. The molecule has 0 aliphatic rings. The van der Waals surface area contributed by atoms with Crippen molar-refractivity contribution in [1.82, 2.24) is 0 Å². The van der Waals surface area contributed by atoms with Gasteiger partial charge in [0.25, 0.3) is 0 Å². The molecule has 1 aromatic rings. The maximum atomic E-state index is 10.6. The van der Waals surface area contributed by atoms with Gasteiger partial charge in [0.15, 0.2) is 6.23 Å². The van der Waals surface area contributed by atoms with E-state index < -0.39 is 6.23 Å². The Hall–Kier alpha value is -1.06. The first-order valence-corrected chi connectivity index (χ1v) is 4.63. The van der Waals surface area contributed by atoms with Gasteiger partial charge >= 0.3 is 5.97 Å². The lowest BCUT2D eigenvalue weighted by Gasteiger charge is -2.12. The highest BCUT2D eigenvalue weighted by atomic mass is 35.5. The molecule has 2 N–H and O–H groups in total. The molecule has 14 heavy (non-hydrogen) atoms. The number of benzene rings is 1. The van der Waals surface area contributed by atoms with E-state index in [0.717, 1.165) is 5.56 Å². The Bertz CT molecular complexity index is 328. The van der Waals surface area contributed by atoms with Crippen molar-refractivity contribution in [1.29, 1.82) is 0 Å². The number of carbonyl (C=O) groups is 1. The molecule has 1 aromatic carbocycles. The van der Waals surface area contributed by atoms with Crippen molar-refractivity contribution in [2.75, 3.05) is 0 Å². The van der Waals surface area contributed by atoms with E-state index in [1.807, 2.05) is 18.2 Å². The van der Waals surface area contributed by atoms with Crippen LogP contribution < -0.4 is 5.73 Å². The van der Waals surface area contributed by atoms with Crippen molar-refractivity contribution in [3.63, 3.8) is 0 Å². The van der Waals surface area contributed by atoms with E-state index in [2.05, 4.69) is 0 Å². The molecule has 1 rings (SSSR count). The van der Waals surface area contributed by atoms with Crippen LogP contribution in [0.4, 0.5) is 0 Å². The summed E-state index contributed by atoms with van der Waals surface area (Å²) in [5.41, 5.74) is 6.45. The first-order chi connectivity index (χ1) is 6.59. The lowest BCUT2D eigenvalue weighted by atomic mass is 10.1. The molecule has 0 saturated heterocycles. The summed E-state index contributed by atoms with van der Waals surface area (Å²) < 4.78 is 4.79. The molecule has 0 heterocycles. The Kier molecular flexibility index (Phi) is 3.92. The van der Waals surface area contributed by atoms with Gasteiger partial charge in [0.2, 0.25) is 0 Å². The maximum Gasteiger partial charge on any atom is 0.304 e. The van der Waals surface area contributed by atoms with Crippen LogP contribution >= 0.6 is 11.6 Å². The average molecular weight is 214 g/mol. The molecule has 76 valence electrons. The smallest absolute Gasteiger partial charge is 0.304 e. The molecule has 0 saturated carbocycles. The lowest BCUT2D eigenvalue weighted by Crippen LogP contribution is -2.28. The van der Waals surface area contributed by atoms with Crippen molar-refractivity contribution in [3.05, 3.63) is 34.9 Å². The third-order valence-electron chi connectivity index (χ3n) is 1.70. The second-order valence-corrected chi connectivity index (χ2v) is 3.35. The molecule has 1 unspecified atom stereocenters. The van der Waals surface area contributed by atoms with Gasteiger partial charge < -0.3 is 4.74 Å². The lowest BCUT2D eigenvalue weighted by molar-refractivity contribution is -0.145. The highest BCUT2D eigenvalue weighted by molar-refractivity contribution is 6.31. The molecule has 0 spiro atoms. The number of hydrogen-bond donors (Lipinski definition) is 1. The van der Waals surface area contributed by atoms with Crippen molar-refractivity contribution in [2.24, 2.45) is 5.73 Å². The first kappa shape index (κ1) is 11.0. The highest BCUT2D eigenvalue weighted by Gasteiger charge is 2.08. The summed E-state index contributed by atoms with van der Waals surface area (Å²) in [5, 5.41) is 0.634. The van der Waals surface area contributed by atoms with Crippen LogP contribution in [0.15, 0.2) is 24.3 Å². The largest absolute Gasteiger partial charge is 0.447 e. The summed E-state index contributed by atoms with van der Waals surface area (Å²) >= 11 is 5.91. The quantitative estimate of drug-likeness (QED) is 0.615. The zero-order valence-corrected chi connectivity index (χ0v) is 8.62. The number of nitrogens with two attached hydrogens (primary N) is 1. The van der Waals surface area contributed by atoms with Crippen molar-refractivity contribution in [2.45, 2.75) is 19.6 Å². The minimum Gasteiger partial charge on any atom is -0.447 e. The van der Waals surface area contributed by atoms with E-state index in [1.54, 1.807) is 6.07 Å². The fourth-order valence-corrected chi connectivity index (χ4v) is 1.35. The van der Waals surface area contributed by atoms with E-state index in [1.165, 1.54) is 6.92 Å². The summed E-state index contributed by atoms with van der Waals surface area (Å²) in [4.78, 5) is 10.6. The van der Waals surface area contributed by atoms with Crippen LogP contribution in [0.5, 0.6) is 0 Å². The van der Waals surface area contributed by atoms with Crippen molar-refractivity contribution >= 4 is 17.6 Å². The van der Waals surface area contributed by atoms with Crippen LogP contribution in [0.25, 0.3) is 0 Å². The van der Waals surface area contributed by atoms with Crippen molar-refractivity contribution in [3.8, 4) is 0 Å². The van der Waals surface area contributed by atoms with Crippen LogP contribution in [0.3, 0.4) is 0 Å². The Balaban J connectivity index is 2.60. The number of ether oxygens (including phenoxy) is 1. The van der Waals surface area contributed by atoms with E-state index in [9.17, 15) is 4.79 Å². The van der Waals surface area contributed by atoms with Gasteiger partial charge in [-0.3, -0.25) is 10.5 Å². The standard InChI is InChI=1S/C10H12ClNO2/c1-7(13)14-10(12)6-8-4-2-3-5-9(8)11/h2-5,10H,6,12H2,1H3. The van der Waals surface area contributed by atoms with Crippen LogP contribution in [-0.2, 0) is 16.0 Å². The zero-order chi connectivity index (χ0) is 10.6. The van der Waals surface area contributed by atoms with Gasteiger partial charge in [0.1, 0.15) is 0 Å². The monoisotopic (exact) mass is 213 g/mol. The molecular weight excluding hydrogens is 202 g/mol. The molecule has 0 amide bonds.